The largest absolute Gasteiger partial charge is 0.468 e. The number of nitrogens with zero attached hydrogens (tertiary/aromatic N) is 1. The lowest BCUT2D eigenvalue weighted by molar-refractivity contribution is -0.145. The van der Waals surface area contributed by atoms with Crippen LogP contribution >= 0.6 is 27.3 Å². The Morgan fingerprint density at radius 1 is 1.30 bits per heavy atom. The number of thiazole rings is 1. The molecule has 3 aromatic rings. The van der Waals surface area contributed by atoms with Crippen molar-refractivity contribution >= 4 is 49.0 Å². The summed E-state index contributed by atoms with van der Waals surface area (Å²) in [7, 11) is 1.37. The number of carbonyl (C=O) groups excluding carboxylic acids is 1. The highest BCUT2D eigenvalue weighted by Crippen LogP contribution is 2.46. The van der Waals surface area contributed by atoms with E-state index in [9.17, 15) is 9.18 Å². The molecular formula is C21H17BrFNO2S. The van der Waals surface area contributed by atoms with Gasteiger partial charge < -0.3 is 4.74 Å². The van der Waals surface area contributed by atoms with Crippen molar-refractivity contribution in [1.82, 2.24) is 4.98 Å². The molecule has 1 atom stereocenters. The van der Waals surface area contributed by atoms with Crippen molar-refractivity contribution in [1.29, 1.82) is 0 Å². The fraction of sp³-hybridized carbons (Fsp3) is 0.238. The molecule has 2 aromatic carbocycles. The van der Waals surface area contributed by atoms with Crippen LogP contribution in [-0.2, 0) is 14.9 Å². The Morgan fingerprint density at radius 2 is 2.07 bits per heavy atom. The molecule has 4 rings (SSSR count). The van der Waals surface area contributed by atoms with E-state index in [0.717, 1.165) is 25.3 Å². The third kappa shape index (κ3) is 2.91. The molecule has 0 saturated carbocycles. The quantitative estimate of drug-likeness (QED) is 0.478. The third-order valence-corrected chi connectivity index (χ3v) is 6.89. The van der Waals surface area contributed by atoms with Gasteiger partial charge in [-0.2, -0.15) is 0 Å². The molecular weight excluding hydrogens is 429 g/mol. The fourth-order valence-electron chi connectivity index (χ4n) is 3.75. The van der Waals surface area contributed by atoms with Gasteiger partial charge in [0.25, 0.3) is 0 Å². The first kappa shape index (κ1) is 18.3. The van der Waals surface area contributed by atoms with Crippen LogP contribution in [0, 0.1) is 12.7 Å². The van der Waals surface area contributed by atoms with E-state index in [4.69, 9.17) is 9.72 Å². The van der Waals surface area contributed by atoms with E-state index in [1.807, 2.05) is 30.3 Å². The van der Waals surface area contributed by atoms with Crippen molar-refractivity contribution in [2.45, 2.75) is 25.2 Å². The average Bonchev–Trinajstić information content (AvgIpc) is 3.29. The van der Waals surface area contributed by atoms with Crippen molar-refractivity contribution in [3.63, 3.8) is 0 Å². The highest BCUT2D eigenvalue weighted by atomic mass is 79.9. The molecule has 0 bridgehead atoms. The molecule has 1 unspecified atom stereocenters. The number of fused-ring (bicyclic) bond motifs is 1. The lowest BCUT2D eigenvalue weighted by atomic mass is 9.78. The number of carbonyl (C=O) groups is 1. The molecule has 1 heterocycles. The topological polar surface area (TPSA) is 39.2 Å². The second kappa shape index (κ2) is 6.84. The van der Waals surface area contributed by atoms with Crippen molar-refractivity contribution < 1.29 is 13.9 Å². The monoisotopic (exact) mass is 445 g/mol. The maximum atomic E-state index is 14.2. The van der Waals surface area contributed by atoms with Gasteiger partial charge >= 0.3 is 5.97 Å². The minimum atomic E-state index is -0.981. The first-order valence-corrected chi connectivity index (χ1v) is 10.2. The Kier molecular flexibility index (Phi) is 4.64. The van der Waals surface area contributed by atoms with Crippen LogP contribution in [0.2, 0.25) is 0 Å². The molecule has 1 aliphatic carbocycles. The lowest BCUT2D eigenvalue weighted by Crippen LogP contribution is -2.34. The summed E-state index contributed by atoms with van der Waals surface area (Å²) in [4.78, 5) is 17.5. The van der Waals surface area contributed by atoms with E-state index in [-0.39, 0.29) is 11.8 Å². The van der Waals surface area contributed by atoms with Crippen molar-refractivity contribution in [3.05, 3.63) is 68.9 Å². The minimum Gasteiger partial charge on any atom is -0.468 e. The number of rotatable bonds is 3. The Bertz CT molecular complexity index is 1090. The molecule has 0 saturated heterocycles. The lowest BCUT2D eigenvalue weighted by Gasteiger charge is -2.26. The van der Waals surface area contributed by atoms with Gasteiger partial charge in [-0.3, -0.25) is 4.79 Å². The maximum absolute atomic E-state index is 14.2. The maximum Gasteiger partial charge on any atom is 0.320 e. The summed E-state index contributed by atoms with van der Waals surface area (Å²) in [6, 6.07) is 10.8. The highest BCUT2D eigenvalue weighted by Gasteiger charge is 2.45. The molecule has 0 N–H and O–H groups in total. The van der Waals surface area contributed by atoms with E-state index >= 15 is 0 Å². The van der Waals surface area contributed by atoms with E-state index in [2.05, 4.69) is 15.9 Å². The van der Waals surface area contributed by atoms with Crippen LogP contribution in [0.1, 0.15) is 29.0 Å². The molecule has 1 aliphatic rings. The number of allylic oxidation sites excluding steroid dienone is 1. The molecule has 0 amide bonds. The normalized spacial score (nSPS) is 19.3. The molecule has 0 aliphatic heterocycles. The Labute approximate surface area is 169 Å². The van der Waals surface area contributed by atoms with Crippen LogP contribution in [0.25, 0.3) is 15.8 Å². The summed E-state index contributed by atoms with van der Waals surface area (Å²) in [5.74, 6) is -0.685. The zero-order valence-electron chi connectivity index (χ0n) is 14.9. The van der Waals surface area contributed by atoms with Crippen LogP contribution in [0.3, 0.4) is 0 Å². The van der Waals surface area contributed by atoms with Gasteiger partial charge in [-0.05, 0) is 70.6 Å². The van der Waals surface area contributed by atoms with Gasteiger partial charge in [-0.15, -0.1) is 11.3 Å². The molecule has 138 valence electrons. The van der Waals surface area contributed by atoms with Gasteiger partial charge in [0, 0.05) is 4.47 Å². The molecule has 0 spiro atoms. The first-order chi connectivity index (χ1) is 13.0. The van der Waals surface area contributed by atoms with Crippen LogP contribution in [-0.4, -0.2) is 18.1 Å². The van der Waals surface area contributed by atoms with Crippen LogP contribution < -0.4 is 0 Å². The van der Waals surface area contributed by atoms with Gasteiger partial charge in [0.05, 0.1) is 17.3 Å². The highest BCUT2D eigenvalue weighted by molar-refractivity contribution is 9.10. The van der Waals surface area contributed by atoms with E-state index in [1.54, 1.807) is 24.3 Å². The van der Waals surface area contributed by atoms with E-state index in [0.29, 0.717) is 24.0 Å². The minimum absolute atomic E-state index is 0.318. The number of hydrogen-bond donors (Lipinski definition) is 0. The van der Waals surface area contributed by atoms with E-state index in [1.165, 1.54) is 13.2 Å². The summed E-state index contributed by atoms with van der Waals surface area (Å²) >= 11 is 5.13. The van der Waals surface area contributed by atoms with Crippen LogP contribution in [0.15, 0.2) is 46.9 Å². The van der Waals surface area contributed by atoms with E-state index < -0.39 is 5.41 Å². The summed E-state index contributed by atoms with van der Waals surface area (Å²) in [6.45, 7) is 1.70. The van der Waals surface area contributed by atoms with Gasteiger partial charge in [0.2, 0.25) is 0 Å². The van der Waals surface area contributed by atoms with Crippen molar-refractivity contribution in [2.75, 3.05) is 7.11 Å². The molecule has 6 heteroatoms. The number of aromatic nitrogens is 1. The average molecular weight is 446 g/mol. The third-order valence-electron chi connectivity index (χ3n) is 5.15. The number of para-hydroxylation sites is 1. The zero-order valence-corrected chi connectivity index (χ0v) is 17.3. The molecule has 1 aromatic heterocycles. The number of ether oxygens (including phenoxy) is 1. The molecule has 27 heavy (non-hydrogen) atoms. The Balaban J connectivity index is 1.87. The van der Waals surface area contributed by atoms with Crippen molar-refractivity contribution in [3.8, 4) is 0 Å². The van der Waals surface area contributed by atoms with Gasteiger partial charge in [0.15, 0.2) is 0 Å². The van der Waals surface area contributed by atoms with Gasteiger partial charge in [0.1, 0.15) is 16.2 Å². The summed E-state index contributed by atoms with van der Waals surface area (Å²) < 4.78 is 21.3. The number of halogens is 2. The number of methoxy groups -OCH3 is 1. The number of benzene rings is 2. The second-order valence-electron chi connectivity index (χ2n) is 6.65. The summed E-state index contributed by atoms with van der Waals surface area (Å²) in [5.41, 5.74) is 2.07. The molecule has 3 nitrogen and oxygen atoms in total. The van der Waals surface area contributed by atoms with Crippen molar-refractivity contribution in [2.24, 2.45) is 0 Å². The predicted molar refractivity (Wildman–Crippen MR) is 109 cm³/mol. The SMILES string of the molecule is COC(=O)C1(c2cccc(F)c2C)C=C(c2nc3c(Br)cccc3s2)CC1. The Hall–Kier alpha value is -2.05. The second-order valence-corrected chi connectivity index (χ2v) is 8.54. The molecule has 0 fully saturated rings. The predicted octanol–water partition coefficient (Wildman–Crippen LogP) is 5.79. The van der Waals surface area contributed by atoms with Crippen LogP contribution in [0.5, 0.6) is 0 Å². The number of hydrogen-bond acceptors (Lipinski definition) is 4. The Morgan fingerprint density at radius 3 is 2.81 bits per heavy atom. The van der Waals surface area contributed by atoms with Crippen LogP contribution in [0.4, 0.5) is 4.39 Å². The van der Waals surface area contributed by atoms with Gasteiger partial charge in [-0.1, -0.05) is 24.3 Å². The smallest absolute Gasteiger partial charge is 0.320 e. The standard InChI is InChI=1S/C21H17BrFNO2S/c1-12-14(5-3-7-16(12)23)21(20(25)26-2)10-9-13(11-21)19-24-18-15(22)6-4-8-17(18)27-19/h3-8,11H,9-10H2,1-2H3. The number of esters is 1. The van der Waals surface area contributed by atoms with Gasteiger partial charge in [-0.25, -0.2) is 9.37 Å². The zero-order chi connectivity index (χ0) is 19.2. The summed E-state index contributed by atoms with van der Waals surface area (Å²) in [5, 5.41) is 0.886. The summed E-state index contributed by atoms with van der Waals surface area (Å²) in [6.07, 6.45) is 3.14. The first-order valence-electron chi connectivity index (χ1n) is 8.57. The molecule has 0 radical (unpaired) electrons. The fourth-order valence-corrected chi connectivity index (χ4v) is 5.37.